The molecule has 0 unspecified atom stereocenters. The van der Waals surface area contributed by atoms with Gasteiger partial charge in [0.2, 0.25) is 5.88 Å². The van der Waals surface area contributed by atoms with Crippen LogP contribution in [0.5, 0.6) is 5.88 Å². The molecule has 1 aromatic heterocycles. The molecule has 0 spiro atoms. The molecule has 2 aliphatic heterocycles. The van der Waals surface area contributed by atoms with E-state index in [2.05, 4.69) is 4.98 Å². The second kappa shape index (κ2) is 6.65. The molecule has 3 atom stereocenters. The zero-order chi connectivity index (χ0) is 18.2. The van der Waals surface area contributed by atoms with Crippen molar-refractivity contribution in [3.8, 4) is 5.88 Å². The molecule has 25 heavy (non-hydrogen) atoms. The first-order valence-electron chi connectivity index (χ1n) is 8.88. The number of carbonyl (C=O) groups excluding carboxylic acids is 2. The van der Waals surface area contributed by atoms with E-state index >= 15 is 0 Å². The number of amides is 1. The maximum absolute atomic E-state index is 12.5. The Hall–Kier alpha value is -2.11. The van der Waals surface area contributed by atoms with Gasteiger partial charge >= 0.3 is 6.09 Å². The quantitative estimate of drug-likeness (QED) is 0.782. The normalized spacial score (nSPS) is 25.6. The molecule has 3 rings (SSSR count). The molecule has 0 radical (unpaired) electrons. The average Bonchev–Trinajstić information content (AvgIpc) is 2.78. The number of rotatable bonds is 3. The Kier molecular flexibility index (Phi) is 4.71. The van der Waals surface area contributed by atoms with E-state index in [0.717, 1.165) is 25.7 Å². The van der Waals surface area contributed by atoms with Crippen molar-refractivity contribution in [3.63, 3.8) is 0 Å². The number of piperidine rings is 1. The van der Waals surface area contributed by atoms with Crippen molar-refractivity contribution in [3.05, 3.63) is 23.9 Å². The van der Waals surface area contributed by atoms with Crippen LogP contribution in [0.2, 0.25) is 0 Å². The zero-order valence-corrected chi connectivity index (χ0v) is 15.3. The van der Waals surface area contributed by atoms with Crippen LogP contribution in [0.25, 0.3) is 0 Å². The molecule has 6 heteroatoms. The van der Waals surface area contributed by atoms with Crippen LogP contribution in [0, 0.1) is 0 Å². The Morgan fingerprint density at radius 2 is 1.84 bits per heavy atom. The summed E-state index contributed by atoms with van der Waals surface area (Å²) in [5, 5.41) is 0. The molecule has 6 nitrogen and oxygen atoms in total. The third-order valence-electron chi connectivity index (χ3n) is 4.72. The van der Waals surface area contributed by atoms with Gasteiger partial charge in [-0.15, -0.1) is 0 Å². The summed E-state index contributed by atoms with van der Waals surface area (Å²) < 4.78 is 11.6. The second-order valence-corrected chi connectivity index (χ2v) is 7.90. The van der Waals surface area contributed by atoms with E-state index in [4.69, 9.17) is 9.47 Å². The lowest BCUT2D eigenvalue weighted by Gasteiger charge is -2.39. The lowest BCUT2D eigenvalue weighted by atomic mass is 10.00. The van der Waals surface area contributed by atoms with Crippen LogP contribution in [0.3, 0.4) is 0 Å². The van der Waals surface area contributed by atoms with Gasteiger partial charge in [0.05, 0.1) is 5.56 Å². The first-order chi connectivity index (χ1) is 11.7. The molecular formula is C19H26N2O4. The molecule has 0 saturated carbocycles. The van der Waals surface area contributed by atoms with Gasteiger partial charge in [0.1, 0.15) is 11.7 Å². The number of fused-ring (bicyclic) bond motifs is 2. The van der Waals surface area contributed by atoms with Gasteiger partial charge in [-0.2, -0.15) is 0 Å². The van der Waals surface area contributed by atoms with Crippen molar-refractivity contribution in [1.29, 1.82) is 0 Å². The summed E-state index contributed by atoms with van der Waals surface area (Å²) in [6, 6.07) is 3.72. The first-order valence-corrected chi connectivity index (χ1v) is 8.88. The van der Waals surface area contributed by atoms with Crippen LogP contribution < -0.4 is 4.74 Å². The highest BCUT2D eigenvalue weighted by molar-refractivity contribution is 5.96. The maximum Gasteiger partial charge on any atom is 0.410 e. The van der Waals surface area contributed by atoms with Crippen molar-refractivity contribution in [1.82, 2.24) is 9.88 Å². The summed E-state index contributed by atoms with van der Waals surface area (Å²) in [7, 11) is 0. The van der Waals surface area contributed by atoms with Crippen LogP contribution in [0.15, 0.2) is 18.3 Å². The molecule has 1 amide bonds. The van der Waals surface area contributed by atoms with E-state index in [-0.39, 0.29) is 30.1 Å². The fraction of sp³-hybridized carbons (Fsp3) is 0.632. The minimum atomic E-state index is -0.492. The van der Waals surface area contributed by atoms with Gasteiger partial charge < -0.3 is 14.4 Å². The smallest absolute Gasteiger partial charge is 0.410 e. The molecule has 0 aliphatic carbocycles. The predicted octanol–water partition coefficient (Wildman–Crippen LogP) is 3.59. The number of hydrogen-bond acceptors (Lipinski definition) is 5. The number of nitrogens with zero attached hydrogens (tertiary/aromatic N) is 2. The Labute approximate surface area is 148 Å². The van der Waals surface area contributed by atoms with Gasteiger partial charge in [-0.3, -0.25) is 4.79 Å². The summed E-state index contributed by atoms with van der Waals surface area (Å²) in [4.78, 5) is 30.3. The van der Waals surface area contributed by atoms with Crippen molar-refractivity contribution < 1.29 is 19.1 Å². The molecule has 2 bridgehead atoms. The fourth-order valence-corrected chi connectivity index (χ4v) is 3.75. The van der Waals surface area contributed by atoms with E-state index in [1.54, 1.807) is 18.3 Å². The Morgan fingerprint density at radius 3 is 2.40 bits per heavy atom. The van der Waals surface area contributed by atoms with Crippen molar-refractivity contribution in [2.75, 3.05) is 0 Å². The highest BCUT2D eigenvalue weighted by Crippen LogP contribution is 2.38. The monoisotopic (exact) mass is 346 g/mol. The third kappa shape index (κ3) is 3.94. The summed E-state index contributed by atoms with van der Waals surface area (Å²) in [6.07, 6.45) is 4.77. The summed E-state index contributed by atoms with van der Waals surface area (Å²) >= 11 is 0. The topological polar surface area (TPSA) is 68.7 Å². The van der Waals surface area contributed by atoms with E-state index in [0.29, 0.717) is 11.4 Å². The van der Waals surface area contributed by atoms with Crippen LogP contribution in [-0.2, 0) is 4.74 Å². The van der Waals surface area contributed by atoms with Crippen LogP contribution >= 0.6 is 0 Å². The van der Waals surface area contributed by atoms with Gasteiger partial charge in [0.25, 0.3) is 0 Å². The molecule has 2 aliphatic rings. The van der Waals surface area contributed by atoms with E-state index < -0.39 is 5.60 Å². The molecule has 0 N–H and O–H groups in total. The van der Waals surface area contributed by atoms with Gasteiger partial charge in [0.15, 0.2) is 5.78 Å². The van der Waals surface area contributed by atoms with E-state index in [1.165, 1.54) is 6.92 Å². The number of aromatic nitrogens is 1. The standard InChI is InChI=1S/C19H26N2O4/c1-12(22)16-6-5-9-20-17(16)24-15-10-13-7-8-14(11-15)21(13)18(23)25-19(2,3)4/h5-6,9,13-15H,7-8,10-11H2,1-4H3/t13-,14+,15+. The van der Waals surface area contributed by atoms with Crippen molar-refractivity contribution in [2.24, 2.45) is 0 Å². The average molecular weight is 346 g/mol. The highest BCUT2D eigenvalue weighted by Gasteiger charge is 2.45. The molecule has 136 valence electrons. The number of ketones is 1. The van der Waals surface area contributed by atoms with E-state index in [9.17, 15) is 9.59 Å². The Balaban J connectivity index is 1.68. The van der Waals surface area contributed by atoms with Gasteiger partial charge in [-0.25, -0.2) is 9.78 Å². The van der Waals surface area contributed by atoms with E-state index in [1.807, 2.05) is 25.7 Å². The Bertz CT molecular complexity index is 654. The van der Waals surface area contributed by atoms with Gasteiger partial charge in [-0.1, -0.05) is 0 Å². The summed E-state index contributed by atoms with van der Waals surface area (Å²) in [5.74, 6) is 0.336. The second-order valence-electron chi connectivity index (χ2n) is 7.90. The number of Topliss-reactive ketones (excluding diaryl/α,β-unsaturated/α-hetero) is 1. The summed E-state index contributed by atoms with van der Waals surface area (Å²) in [5.41, 5.74) is 0.0122. The van der Waals surface area contributed by atoms with Crippen LogP contribution in [0.1, 0.15) is 63.7 Å². The minimum Gasteiger partial charge on any atom is -0.474 e. The lowest BCUT2D eigenvalue weighted by molar-refractivity contribution is -0.00764. The number of carbonyl (C=O) groups is 2. The molecule has 0 aromatic carbocycles. The van der Waals surface area contributed by atoms with Crippen molar-refractivity contribution >= 4 is 11.9 Å². The van der Waals surface area contributed by atoms with Gasteiger partial charge in [-0.05, 0) is 52.7 Å². The molecular weight excluding hydrogens is 320 g/mol. The lowest BCUT2D eigenvalue weighted by Crippen LogP contribution is -2.50. The molecule has 3 heterocycles. The SMILES string of the molecule is CC(=O)c1cccnc1O[C@H]1C[C@H]2CC[C@@H](C1)N2C(=O)OC(C)(C)C. The zero-order valence-electron chi connectivity index (χ0n) is 15.3. The predicted molar refractivity (Wildman–Crippen MR) is 92.8 cm³/mol. The highest BCUT2D eigenvalue weighted by atomic mass is 16.6. The number of pyridine rings is 1. The Morgan fingerprint density at radius 1 is 1.20 bits per heavy atom. The van der Waals surface area contributed by atoms with Crippen molar-refractivity contribution in [2.45, 2.75) is 77.2 Å². The van der Waals surface area contributed by atoms with Crippen LogP contribution in [0.4, 0.5) is 4.79 Å². The largest absolute Gasteiger partial charge is 0.474 e. The fourth-order valence-electron chi connectivity index (χ4n) is 3.75. The molecule has 2 saturated heterocycles. The summed E-state index contributed by atoms with van der Waals surface area (Å²) in [6.45, 7) is 7.16. The maximum atomic E-state index is 12.5. The van der Waals surface area contributed by atoms with Gasteiger partial charge in [0, 0.05) is 31.1 Å². The molecule has 1 aromatic rings. The minimum absolute atomic E-state index is 0.0378. The number of hydrogen-bond donors (Lipinski definition) is 0. The first kappa shape index (κ1) is 17.7. The number of ether oxygens (including phenoxy) is 2. The third-order valence-corrected chi connectivity index (χ3v) is 4.72. The molecule has 2 fully saturated rings. The van der Waals surface area contributed by atoms with Crippen LogP contribution in [-0.4, -0.2) is 45.5 Å².